The van der Waals surface area contributed by atoms with Crippen LogP contribution < -0.4 is 10.2 Å². The van der Waals surface area contributed by atoms with Crippen LogP contribution in [0, 0.1) is 11.3 Å². The SMILES string of the molecule is CCOC(=O)c1ccccc1N(CCC(=O)Nc1ccc(C#N)cc1)C(C)=O. The molecule has 0 bridgehead atoms. The largest absolute Gasteiger partial charge is 0.462 e. The number of hydrogen-bond acceptors (Lipinski definition) is 5. The number of nitrogens with zero attached hydrogens (tertiary/aromatic N) is 2. The van der Waals surface area contributed by atoms with Gasteiger partial charge in [-0.05, 0) is 43.3 Å². The van der Waals surface area contributed by atoms with Crippen molar-refractivity contribution >= 4 is 29.2 Å². The summed E-state index contributed by atoms with van der Waals surface area (Å²) in [5, 5.41) is 11.5. The molecule has 28 heavy (non-hydrogen) atoms. The molecule has 0 fully saturated rings. The summed E-state index contributed by atoms with van der Waals surface area (Å²) in [5.74, 6) is -1.10. The van der Waals surface area contributed by atoms with E-state index in [1.165, 1.54) is 11.8 Å². The third kappa shape index (κ3) is 5.42. The standard InChI is InChI=1S/C21H21N3O4/c1-3-28-21(27)18-6-4-5-7-19(18)24(15(2)25)13-12-20(26)23-17-10-8-16(14-22)9-11-17/h4-11H,3,12-13H2,1-2H3,(H,23,26). The van der Waals surface area contributed by atoms with Crippen LogP contribution in [0.3, 0.4) is 0 Å². The van der Waals surface area contributed by atoms with Gasteiger partial charge in [-0.25, -0.2) is 4.79 Å². The number of anilines is 2. The van der Waals surface area contributed by atoms with Crippen LogP contribution in [-0.4, -0.2) is 30.9 Å². The van der Waals surface area contributed by atoms with Crippen molar-refractivity contribution in [1.82, 2.24) is 0 Å². The average molecular weight is 379 g/mol. The maximum absolute atomic E-state index is 12.2. The van der Waals surface area contributed by atoms with Crippen LogP contribution in [0.25, 0.3) is 0 Å². The molecule has 2 rings (SSSR count). The molecule has 0 aliphatic carbocycles. The van der Waals surface area contributed by atoms with E-state index in [-0.39, 0.29) is 37.0 Å². The maximum Gasteiger partial charge on any atom is 0.340 e. The number of nitrogens with one attached hydrogen (secondary N) is 1. The van der Waals surface area contributed by atoms with Gasteiger partial charge in [0.2, 0.25) is 11.8 Å². The van der Waals surface area contributed by atoms with Crippen molar-refractivity contribution in [2.75, 3.05) is 23.4 Å². The van der Waals surface area contributed by atoms with Gasteiger partial charge >= 0.3 is 5.97 Å². The average Bonchev–Trinajstić information content (AvgIpc) is 2.69. The van der Waals surface area contributed by atoms with Gasteiger partial charge in [-0.15, -0.1) is 0 Å². The predicted octanol–water partition coefficient (Wildman–Crippen LogP) is 3.12. The van der Waals surface area contributed by atoms with E-state index in [9.17, 15) is 14.4 Å². The first kappa shape index (κ1) is 20.6. The van der Waals surface area contributed by atoms with Crippen LogP contribution in [0.5, 0.6) is 0 Å². The Morgan fingerprint density at radius 2 is 1.79 bits per heavy atom. The van der Waals surface area contributed by atoms with Gasteiger partial charge in [-0.1, -0.05) is 12.1 Å². The van der Waals surface area contributed by atoms with E-state index in [1.807, 2.05) is 6.07 Å². The zero-order valence-corrected chi connectivity index (χ0v) is 15.8. The minimum atomic E-state index is -0.522. The zero-order chi connectivity index (χ0) is 20.5. The van der Waals surface area contributed by atoms with Crippen LogP contribution >= 0.6 is 0 Å². The molecule has 0 heterocycles. The predicted molar refractivity (Wildman–Crippen MR) is 105 cm³/mol. The topological polar surface area (TPSA) is 99.5 Å². The Morgan fingerprint density at radius 1 is 1.11 bits per heavy atom. The van der Waals surface area contributed by atoms with Crippen molar-refractivity contribution in [3.8, 4) is 6.07 Å². The second-order valence-corrected chi connectivity index (χ2v) is 5.90. The molecular formula is C21H21N3O4. The fraction of sp³-hybridized carbons (Fsp3) is 0.238. The molecule has 2 amide bonds. The molecule has 0 atom stereocenters. The first-order valence-electron chi connectivity index (χ1n) is 8.80. The van der Waals surface area contributed by atoms with Gasteiger partial charge in [0, 0.05) is 25.6 Å². The molecule has 0 saturated heterocycles. The molecular weight excluding hydrogens is 358 g/mol. The summed E-state index contributed by atoms with van der Waals surface area (Å²) in [7, 11) is 0. The van der Waals surface area contributed by atoms with Crippen LogP contribution in [0.2, 0.25) is 0 Å². The summed E-state index contributed by atoms with van der Waals surface area (Å²) in [4.78, 5) is 37.9. The van der Waals surface area contributed by atoms with Crippen LogP contribution in [0.15, 0.2) is 48.5 Å². The summed E-state index contributed by atoms with van der Waals surface area (Å²) in [6, 6.07) is 15.1. The molecule has 0 radical (unpaired) electrons. The second-order valence-electron chi connectivity index (χ2n) is 5.90. The van der Waals surface area contributed by atoms with Crippen molar-refractivity contribution in [2.24, 2.45) is 0 Å². The van der Waals surface area contributed by atoms with Gasteiger partial charge < -0.3 is 15.0 Å². The Hall–Kier alpha value is -3.66. The fourth-order valence-electron chi connectivity index (χ4n) is 2.60. The van der Waals surface area contributed by atoms with Gasteiger partial charge in [0.05, 0.1) is 29.5 Å². The number of benzene rings is 2. The molecule has 0 aliphatic heterocycles. The molecule has 7 nitrogen and oxygen atoms in total. The molecule has 2 aromatic carbocycles. The molecule has 2 aromatic rings. The van der Waals surface area contributed by atoms with E-state index in [2.05, 4.69) is 5.32 Å². The molecule has 0 aliphatic rings. The number of hydrogen-bond donors (Lipinski definition) is 1. The summed E-state index contributed by atoms with van der Waals surface area (Å²) in [6.45, 7) is 3.41. The van der Waals surface area contributed by atoms with E-state index in [4.69, 9.17) is 10.00 Å². The minimum absolute atomic E-state index is 0.0384. The highest BCUT2D eigenvalue weighted by Crippen LogP contribution is 2.22. The number of rotatable bonds is 7. The van der Waals surface area contributed by atoms with Crippen molar-refractivity contribution < 1.29 is 19.1 Å². The molecule has 144 valence electrons. The number of nitriles is 1. The van der Waals surface area contributed by atoms with Gasteiger partial charge in [0.1, 0.15) is 0 Å². The van der Waals surface area contributed by atoms with E-state index < -0.39 is 5.97 Å². The summed E-state index contributed by atoms with van der Waals surface area (Å²) in [5.41, 5.74) is 1.73. The lowest BCUT2D eigenvalue weighted by atomic mass is 10.1. The lowest BCUT2D eigenvalue weighted by Gasteiger charge is -2.23. The number of ether oxygens (including phenoxy) is 1. The lowest BCUT2D eigenvalue weighted by molar-refractivity contribution is -0.117. The van der Waals surface area contributed by atoms with Crippen molar-refractivity contribution in [2.45, 2.75) is 20.3 Å². The molecule has 7 heteroatoms. The number of esters is 1. The first-order chi connectivity index (χ1) is 13.5. The second kappa shape index (κ2) is 9.88. The van der Waals surface area contributed by atoms with Gasteiger partial charge in [0.25, 0.3) is 0 Å². The van der Waals surface area contributed by atoms with Crippen molar-refractivity contribution in [1.29, 1.82) is 5.26 Å². The Bertz CT molecular complexity index is 901. The first-order valence-corrected chi connectivity index (χ1v) is 8.80. The molecule has 0 aromatic heterocycles. The summed E-state index contributed by atoms with van der Waals surface area (Å²) >= 11 is 0. The van der Waals surface area contributed by atoms with Gasteiger partial charge in [-0.3, -0.25) is 9.59 Å². The van der Waals surface area contributed by atoms with Gasteiger partial charge in [-0.2, -0.15) is 5.26 Å². The highest BCUT2D eigenvalue weighted by atomic mass is 16.5. The van der Waals surface area contributed by atoms with Crippen LogP contribution in [0.4, 0.5) is 11.4 Å². The highest BCUT2D eigenvalue weighted by Gasteiger charge is 2.20. The van der Waals surface area contributed by atoms with E-state index in [0.29, 0.717) is 16.9 Å². The maximum atomic E-state index is 12.2. The normalized spacial score (nSPS) is 9.89. The quantitative estimate of drug-likeness (QED) is 0.745. The highest BCUT2D eigenvalue weighted by molar-refractivity contribution is 6.02. The Morgan fingerprint density at radius 3 is 2.39 bits per heavy atom. The minimum Gasteiger partial charge on any atom is -0.462 e. The Labute approximate surface area is 163 Å². The van der Waals surface area contributed by atoms with E-state index in [1.54, 1.807) is 55.5 Å². The van der Waals surface area contributed by atoms with E-state index >= 15 is 0 Å². The summed E-state index contributed by atoms with van der Waals surface area (Å²) in [6.07, 6.45) is 0.0384. The third-order valence-electron chi connectivity index (χ3n) is 3.93. The Balaban J connectivity index is 2.09. The summed E-state index contributed by atoms with van der Waals surface area (Å²) < 4.78 is 5.04. The molecule has 0 unspecified atom stereocenters. The smallest absolute Gasteiger partial charge is 0.340 e. The van der Waals surface area contributed by atoms with Crippen molar-refractivity contribution in [3.63, 3.8) is 0 Å². The zero-order valence-electron chi connectivity index (χ0n) is 15.8. The fourth-order valence-corrected chi connectivity index (χ4v) is 2.60. The lowest BCUT2D eigenvalue weighted by Crippen LogP contribution is -2.33. The molecule has 0 spiro atoms. The number of amides is 2. The number of carbonyl (C=O) groups excluding carboxylic acids is 3. The third-order valence-corrected chi connectivity index (χ3v) is 3.93. The molecule has 1 N–H and O–H groups in total. The molecule has 0 saturated carbocycles. The monoisotopic (exact) mass is 379 g/mol. The number of para-hydroxylation sites is 1. The van der Waals surface area contributed by atoms with Crippen LogP contribution in [0.1, 0.15) is 36.2 Å². The van der Waals surface area contributed by atoms with Crippen molar-refractivity contribution in [3.05, 3.63) is 59.7 Å². The van der Waals surface area contributed by atoms with E-state index in [0.717, 1.165) is 0 Å². The van der Waals surface area contributed by atoms with Crippen LogP contribution in [-0.2, 0) is 14.3 Å². The Kier molecular flexibility index (Phi) is 7.28. The number of carbonyl (C=O) groups is 3. The van der Waals surface area contributed by atoms with Gasteiger partial charge in [0.15, 0.2) is 0 Å².